The van der Waals surface area contributed by atoms with Gasteiger partial charge in [0.15, 0.2) is 0 Å². The first-order chi connectivity index (χ1) is 8.69. The Hall–Kier alpha value is -1.84. The minimum atomic E-state index is -0.510. The summed E-state index contributed by atoms with van der Waals surface area (Å²) in [6.07, 6.45) is 1.07. The van der Waals surface area contributed by atoms with Crippen molar-refractivity contribution in [3.05, 3.63) is 35.4 Å². The molecule has 0 amide bonds. The van der Waals surface area contributed by atoms with Gasteiger partial charge in [0.25, 0.3) is 0 Å². The van der Waals surface area contributed by atoms with Crippen LogP contribution in [0, 0.1) is 0 Å². The van der Waals surface area contributed by atoms with E-state index in [2.05, 4.69) is 0 Å². The van der Waals surface area contributed by atoms with Gasteiger partial charge in [-0.3, -0.25) is 4.79 Å². The normalized spacial score (nSPS) is 22.0. The van der Waals surface area contributed by atoms with E-state index >= 15 is 0 Å². The van der Waals surface area contributed by atoms with Gasteiger partial charge in [-0.1, -0.05) is 31.5 Å². The molecule has 1 aromatic carbocycles. The Labute approximate surface area is 106 Å². The lowest BCUT2D eigenvalue weighted by Crippen LogP contribution is -2.37. The van der Waals surface area contributed by atoms with Gasteiger partial charge in [-0.15, -0.1) is 0 Å². The Kier molecular flexibility index (Phi) is 3.65. The lowest BCUT2D eigenvalue weighted by molar-refractivity contribution is -0.146. The molecule has 0 saturated heterocycles. The number of methoxy groups -OCH3 is 1. The van der Waals surface area contributed by atoms with Crippen LogP contribution >= 0.6 is 0 Å². The number of rotatable bonds is 3. The van der Waals surface area contributed by atoms with E-state index in [4.69, 9.17) is 9.47 Å². The van der Waals surface area contributed by atoms with E-state index in [-0.39, 0.29) is 11.9 Å². The summed E-state index contributed by atoms with van der Waals surface area (Å²) >= 11 is 0. The van der Waals surface area contributed by atoms with Crippen LogP contribution in [0.15, 0.2) is 24.3 Å². The fraction of sp³-hybridized carbons (Fsp3) is 0.429. The quantitative estimate of drug-likeness (QED) is 0.770. The summed E-state index contributed by atoms with van der Waals surface area (Å²) in [5.41, 5.74) is 1.17. The maximum atomic E-state index is 11.9. The van der Waals surface area contributed by atoms with Gasteiger partial charge >= 0.3 is 11.9 Å². The largest absolute Gasteiger partial charge is 0.468 e. The molecule has 0 spiro atoms. The van der Waals surface area contributed by atoms with Gasteiger partial charge in [-0.2, -0.15) is 0 Å². The number of cyclic esters (lactones) is 1. The van der Waals surface area contributed by atoms with E-state index in [1.165, 1.54) is 7.11 Å². The summed E-state index contributed by atoms with van der Waals surface area (Å²) in [6.45, 7) is 1.99. The van der Waals surface area contributed by atoms with Gasteiger partial charge in [0.2, 0.25) is 0 Å². The topological polar surface area (TPSA) is 52.6 Å². The highest BCUT2D eigenvalue weighted by atomic mass is 16.6. The molecule has 1 aromatic rings. The maximum absolute atomic E-state index is 11.9. The van der Waals surface area contributed by atoms with Crippen molar-refractivity contribution in [1.29, 1.82) is 0 Å². The number of ether oxygens (including phenoxy) is 2. The Balaban J connectivity index is 2.45. The fourth-order valence-electron chi connectivity index (χ4n) is 2.34. The van der Waals surface area contributed by atoms with Crippen LogP contribution in [0.25, 0.3) is 0 Å². The van der Waals surface area contributed by atoms with Crippen molar-refractivity contribution in [2.75, 3.05) is 7.11 Å². The van der Waals surface area contributed by atoms with Crippen molar-refractivity contribution >= 4 is 11.9 Å². The molecule has 0 aliphatic carbocycles. The van der Waals surface area contributed by atoms with Crippen LogP contribution in [-0.4, -0.2) is 25.2 Å². The number of hydrogen-bond acceptors (Lipinski definition) is 4. The summed E-state index contributed by atoms with van der Waals surface area (Å²) in [5, 5.41) is 0. The molecule has 1 aliphatic rings. The van der Waals surface area contributed by atoms with Crippen molar-refractivity contribution in [3.8, 4) is 0 Å². The zero-order chi connectivity index (χ0) is 13.1. The predicted octanol–water partition coefficient (Wildman–Crippen LogP) is 2.28. The molecule has 18 heavy (non-hydrogen) atoms. The van der Waals surface area contributed by atoms with Gasteiger partial charge in [0.1, 0.15) is 12.0 Å². The lowest BCUT2D eigenvalue weighted by atomic mass is 9.85. The summed E-state index contributed by atoms with van der Waals surface area (Å²) in [4.78, 5) is 23.8. The Morgan fingerprint density at radius 2 is 2.11 bits per heavy atom. The predicted molar refractivity (Wildman–Crippen MR) is 65.3 cm³/mol. The first-order valence-electron chi connectivity index (χ1n) is 6.06. The summed E-state index contributed by atoms with van der Waals surface area (Å²) in [7, 11) is 1.35. The molecular formula is C14H16O4. The number of benzene rings is 1. The number of carbonyl (C=O) groups excluding carboxylic acids is 2. The van der Waals surface area contributed by atoms with Crippen LogP contribution < -0.4 is 0 Å². The van der Waals surface area contributed by atoms with E-state index in [9.17, 15) is 9.59 Å². The Bertz CT molecular complexity index is 467. The molecule has 96 valence electrons. The molecule has 0 aromatic heterocycles. The third-order valence-electron chi connectivity index (χ3n) is 3.17. The molecule has 2 rings (SSSR count). The second-order valence-electron chi connectivity index (χ2n) is 4.32. The second-order valence-corrected chi connectivity index (χ2v) is 4.32. The fourth-order valence-corrected chi connectivity index (χ4v) is 2.34. The van der Waals surface area contributed by atoms with E-state index in [1.54, 1.807) is 18.2 Å². The second kappa shape index (κ2) is 5.21. The van der Waals surface area contributed by atoms with Crippen LogP contribution in [0.2, 0.25) is 0 Å². The van der Waals surface area contributed by atoms with Crippen molar-refractivity contribution in [3.63, 3.8) is 0 Å². The van der Waals surface area contributed by atoms with Crippen LogP contribution in [-0.2, 0) is 14.3 Å². The molecule has 0 fully saturated rings. The highest BCUT2D eigenvalue weighted by Crippen LogP contribution is 2.34. The average Bonchev–Trinajstić information content (AvgIpc) is 2.39. The lowest BCUT2D eigenvalue weighted by Gasteiger charge is -2.31. The standard InChI is InChI=1S/C14H16O4/c1-3-6-11-12(14(16)17-2)9-7-4-5-8-10(9)13(15)18-11/h4-5,7-8,11-12H,3,6H2,1-2H3/t11-,12-/m0/s1. The third-order valence-corrected chi connectivity index (χ3v) is 3.17. The summed E-state index contributed by atoms with van der Waals surface area (Å²) < 4.78 is 10.2. The van der Waals surface area contributed by atoms with Crippen LogP contribution in [0.3, 0.4) is 0 Å². The average molecular weight is 248 g/mol. The van der Waals surface area contributed by atoms with Crippen LogP contribution in [0.5, 0.6) is 0 Å². The first kappa shape index (κ1) is 12.6. The van der Waals surface area contributed by atoms with Crippen molar-refractivity contribution in [2.24, 2.45) is 0 Å². The minimum Gasteiger partial charge on any atom is -0.468 e. The van der Waals surface area contributed by atoms with E-state index in [0.717, 1.165) is 6.42 Å². The Morgan fingerprint density at radius 1 is 1.39 bits per heavy atom. The van der Waals surface area contributed by atoms with Gasteiger partial charge < -0.3 is 9.47 Å². The number of hydrogen-bond donors (Lipinski definition) is 0. The van der Waals surface area contributed by atoms with E-state index < -0.39 is 12.0 Å². The first-order valence-corrected chi connectivity index (χ1v) is 6.06. The molecule has 0 saturated carbocycles. The van der Waals surface area contributed by atoms with Gasteiger partial charge in [-0.05, 0) is 18.1 Å². The molecule has 0 N–H and O–H groups in total. The van der Waals surface area contributed by atoms with Crippen molar-refractivity contribution < 1.29 is 19.1 Å². The van der Waals surface area contributed by atoms with Gasteiger partial charge in [0, 0.05) is 0 Å². The molecule has 1 aliphatic heterocycles. The zero-order valence-corrected chi connectivity index (χ0v) is 10.5. The van der Waals surface area contributed by atoms with Crippen LogP contribution in [0.4, 0.5) is 0 Å². The van der Waals surface area contributed by atoms with E-state index in [0.29, 0.717) is 17.5 Å². The van der Waals surface area contributed by atoms with Crippen molar-refractivity contribution in [1.82, 2.24) is 0 Å². The van der Waals surface area contributed by atoms with Gasteiger partial charge in [-0.25, -0.2) is 4.79 Å². The third kappa shape index (κ3) is 2.10. The number of esters is 2. The molecule has 0 radical (unpaired) electrons. The Morgan fingerprint density at radius 3 is 2.78 bits per heavy atom. The maximum Gasteiger partial charge on any atom is 0.338 e. The highest BCUT2D eigenvalue weighted by molar-refractivity contribution is 5.96. The molecule has 2 atom stereocenters. The SMILES string of the molecule is CCC[C@@H]1OC(=O)c2ccccc2[C@@H]1C(=O)OC. The molecule has 0 bridgehead atoms. The summed E-state index contributed by atoms with van der Waals surface area (Å²) in [5.74, 6) is -1.22. The smallest absolute Gasteiger partial charge is 0.338 e. The molecule has 0 unspecified atom stereocenters. The number of carbonyl (C=O) groups is 2. The molecular weight excluding hydrogens is 232 g/mol. The van der Waals surface area contributed by atoms with Crippen LogP contribution in [0.1, 0.15) is 41.6 Å². The minimum absolute atomic E-state index is 0.353. The zero-order valence-electron chi connectivity index (χ0n) is 10.5. The molecule has 1 heterocycles. The highest BCUT2D eigenvalue weighted by Gasteiger charge is 2.40. The van der Waals surface area contributed by atoms with Gasteiger partial charge in [0.05, 0.1) is 12.7 Å². The van der Waals surface area contributed by atoms with E-state index in [1.807, 2.05) is 13.0 Å². The number of fused-ring (bicyclic) bond motifs is 1. The molecule has 4 nitrogen and oxygen atoms in total. The summed E-state index contributed by atoms with van der Waals surface area (Å²) in [6, 6.07) is 7.04. The van der Waals surface area contributed by atoms with Crippen molar-refractivity contribution in [2.45, 2.75) is 31.8 Å². The molecule has 4 heteroatoms. The monoisotopic (exact) mass is 248 g/mol.